The molecular formula is C14H11F3INO2. The molecule has 1 N–H and O–H groups in total. The van der Waals surface area contributed by atoms with E-state index >= 15 is 0 Å². The third kappa shape index (κ3) is 5.62. The normalized spacial score (nSPS) is 10.4. The van der Waals surface area contributed by atoms with Gasteiger partial charge in [-0.05, 0) is 36.4 Å². The molecular weight excluding hydrogens is 398 g/mol. The van der Waals surface area contributed by atoms with Crippen LogP contribution in [-0.2, 0) is 0 Å². The van der Waals surface area contributed by atoms with E-state index in [1.165, 1.54) is 12.1 Å². The van der Waals surface area contributed by atoms with E-state index in [4.69, 9.17) is 0 Å². The predicted octanol–water partition coefficient (Wildman–Crippen LogP) is 4.46. The largest absolute Gasteiger partial charge is 0.573 e. The molecule has 2 rings (SSSR count). The molecule has 2 aromatic carbocycles. The van der Waals surface area contributed by atoms with Crippen LogP contribution in [0.25, 0.3) is 0 Å². The van der Waals surface area contributed by atoms with Crippen molar-refractivity contribution >= 4 is 35.6 Å². The highest BCUT2D eigenvalue weighted by atomic mass is 127. The number of hydrogen-bond donors (Lipinski definition) is 1. The molecule has 7 heteroatoms. The lowest BCUT2D eigenvalue weighted by Crippen LogP contribution is -2.17. The van der Waals surface area contributed by atoms with Crippen molar-refractivity contribution in [3.63, 3.8) is 0 Å². The first kappa shape index (κ1) is 17.3. The lowest BCUT2D eigenvalue weighted by atomic mass is 10.2. The van der Waals surface area contributed by atoms with Crippen LogP contribution < -0.4 is 10.1 Å². The molecule has 0 atom stereocenters. The maximum absolute atomic E-state index is 12.0. The van der Waals surface area contributed by atoms with E-state index in [-0.39, 0.29) is 35.6 Å². The van der Waals surface area contributed by atoms with Crippen molar-refractivity contribution in [1.29, 1.82) is 0 Å². The Kier molecular flexibility index (Phi) is 6.01. The summed E-state index contributed by atoms with van der Waals surface area (Å²) in [6.07, 6.45) is -4.73. The minimum absolute atomic E-state index is 0. The molecule has 0 unspecified atom stereocenters. The molecule has 0 spiro atoms. The fraction of sp³-hybridized carbons (Fsp3) is 0.0714. The Morgan fingerprint density at radius 1 is 0.952 bits per heavy atom. The third-order valence-electron chi connectivity index (χ3n) is 2.38. The highest BCUT2D eigenvalue weighted by Gasteiger charge is 2.30. The van der Waals surface area contributed by atoms with Crippen LogP contribution in [0.15, 0.2) is 54.6 Å². The molecule has 0 aromatic heterocycles. The van der Waals surface area contributed by atoms with Crippen LogP contribution in [0, 0.1) is 0 Å². The second-order valence-electron chi connectivity index (χ2n) is 3.89. The van der Waals surface area contributed by atoms with Crippen LogP contribution in [0.2, 0.25) is 0 Å². The van der Waals surface area contributed by atoms with Crippen LogP contribution in [-0.4, -0.2) is 12.3 Å². The Morgan fingerprint density at radius 2 is 1.52 bits per heavy atom. The maximum atomic E-state index is 12.0. The van der Waals surface area contributed by atoms with E-state index < -0.39 is 6.36 Å². The predicted molar refractivity (Wildman–Crippen MR) is 82.9 cm³/mol. The second-order valence-corrected chi connectivity index (χ2v) is 3.89. The molecule has 0 saturated carbocycles. The van der Waals surface area contributed by atoms with Gasteiger partial charge < -0.3 is 10.1 Å². The Balaban J connectivity index is 0.00000220. The van der Waals surface area contributed by atoms with Crippen LogP contribution in [0.4, 0.5) is 18.9 Å². The van der Waals surface area contributed by atoms with E-state index in [0.29, 0.717) is 11.3 Å². The molecule has 3 nitrogen and oxygen atoms in total. The average molecular weight is 409 g/mol. The quantitative estimate of drug-likeness (QED) is 0.761. The Bertz CT molecular complexity index is 585. The number of ether oxygens (including phenoxy) is 1. The Hall–Kier alpha value is -1.77. The average Bonchev–Trinajstić information content (AvgIpc) is 2.40. The summed E-state index contributed by atoms with van der Waals surface area (Å²) in [4.78, 5) is 11.8. The van der Waals surface area contributed by atoms with Gasteiger partial charge in [0.1, 0.15) is 5.75 Å². The standard InChI is InChI=1S/C14H10F3NO2.HI/c15-14(16,17)20-12-8-6-11(7-9-12)18-13(19)10-4-2-1-3-5-10;/h1-9H,(H,18,19);1H. The van der Waals surface area contributed by atoms with Gasteiger partial charge in [-0.15, -0.1) is 37.1 Å². The number of benzene rings is 2. The van der Waals surface area contributed by atoms with E-state index in [9.17, 15) is 18.0 Å². The van der Waals surface area contributed by atoms with Gasteiger partial charge in [-0.25, -0.2) is 0 Å². The van der Waals surface area contributed by atoms with Gasteiger partial charge in [0.25, 0.3) is 5.91 Å². The summed E-state index contributed by atoms with van der Waals surface area (Å²) < 4.78 is 39.7. The van der Waals surface area contributed by atoms with Crippen LogP contribution in [0.5, 0.6) is 5.75 Å². The van der Waals surface area contributed by atoms with Gasteiger partial charge in [0.15, 0.2) is 0 Å². The van der Waals surface area contributed by atoms with Crippen molar-refractivity contribution in [2.75, 3.05) is 5.32 Å². The molecule has 0 radical (unpaired) electrons. The summed E-state index contributed by atoms with van der Waals surface area (Å²) in [6.45, 7) is 0. The summed E-state index contributed by atoms with van der Waals surface area (Å²) in [5, 5.41) is 2.57. The Labute approximate surface area is 136 Å². The van der Waals surface area contributed by atoms with E-state index in [0.717, 1.165) is 12.1 Å². The number of alkyl halides is 3. The smallest absolute Gasteiger partial charge is 0.406 e. The van der Waals surface area contributed by atoms with E-state index in [1.807, 2.05) is 0 Å². The fourth-order valence-corrected chi connectivity index (χ4v) is 1.53. The lowest BCUT2D eigenvalue weighted by Gasteiger charge is -2.10. The first-order chi connectivity index (χ1) is 9.44. The highest BCUT2D eigenvalue weighted by molar-refractivity contribution is 14.0. The fourth-order valence-electron chi connectivity index (χ4n) is 1.53. The lowest BCUT2D eigenvalue weighted by molar-refractivity contribution is -0.274. The van der Waals surface area contributed by atoms with Crippen molar-refractivity contribution in [3.8, 4) is 5.75 Å². The summed E-state index contributed by atoms with van der Waals surface area (Å²) in [5.74, 6) is -0.676. The number of carbonyl (C=O) groups excluding carboxylic acids is 1. The maximum Gasteiger partial charge on any atom is 0.573 e. The molecule has 0 aliphatic carbocycles. The van der Waals surface area contributed by atoms with Crippen LogP contribution in [0.1, 0.15) is 10.4 Å². The van der Waals surface area contributed by atoms with Crippen molar-refractivity contribution in [2.45, 2.75) is 6.36 Å². The molecule has 21 heavy (non-hydrogen) atoms. The van der Waals surface area contributed by atoms with E-state index in [2.05, 4.69) is 10.1 Å². The minimum Gasteiger partial charge on any atom is -0.406 e. The number of nitrogens with one attached hydrogen (secondary N) is 1. The molecule has 0 aliphatic rings. The summed E-state index contributed by atoms with van der Waals surface area (Å²) in [7, 11) is 0. The zero-order valence-corrected chi connectivity index (χ0v) is 12.9. The number of halogens is 4. The first-order valence-electron chi connectivity index (χ1n) is 5.66. The van der Waals surface area contributed by atoms with Gasteiger partial charge in [0.05, 0.1) is 0 Å². The van der Waals surface area contributed by atoms with Gasteiger partial charge in [-0.1, -0.05) is 18.2 Å². The van der Waals surface area contributed by atoms with Gasteiger partial charge in [0.2, 0.25) is 0 Å². The number of rotatable bonds is 3. The van der Waals surface area contributed by atoms with Crippen LogP contribution >= 0.6 is 24.0 Å². The van der Waals surface area contributed by atoms with Gasteiger partial charge in [-0.3, -0.25) is 4.79 Å². The highest BCUT2D eigenvalue weighted by Crippen LogP contribution is 2.24. The zero-order valence-electron chi connectivity index (χ0n) is 10.6. The molecule has 0 fully saturated rings. The summed E-state index contributed by atoms with van der Waals surface area (Å²) >= 11 is 0. The molecule has 0 saturated heterocycles. The number of hydrogen-bond acceptors (Lipinski definition) is 2. The van der Waals surface area contributed by atoms with Crippen molar-refractivity contribution in [2.24, 2.45) is 0 Å². The molecule has 1 amide bonds. The van der Waals surface area contributed by atoms with Crippen molar-refractivity contribution < 1.29 is 22.7 Å². The molecule has 0 heterocycles. The van der Waals surface area contributed by atoms with Crippen molar-refractivity contribution in [1.82, 2.24) is 0 Å². The topological polar surface area (TPSA) is 38.3 Å². The number of anilines is 1. The van der Waals surface area contributed by atoms with Gasteiger partial charge in [0, 0.05) is 11.3 Å². The molecule has 112 valence electrons. The van der Waals surface area contributed by atoms with Crippen molar-refractivity contribution in [3.05, 3.63) is 60.2 Å². The number of amides is 1. The van der Waals surface area contributed by atoms with E-state index in [1.54, 1.807) is 30.3 Å². The zero-order chi connectivity index (χ0) is 14.6. The van der Waals surface area contributed by atoms with Gasteiger partial charge >= 0.3 is 6.36 Å². The summed E-state index contributed by atoms with van der Waals surface area (Å²) in [5.41, 5.74) is 0.844. The SMILES string of the molecule is I.O=C(Nc1ccc(OC(F)(F)F)cc1)c1ccccc1. The summed E-state index contributed by atoms with van der Waals surface area (Å²) in [6, 6.07) is 13.4. The molecule has 0 aliphatic heterocycles. The van der Waals surface area contributed by atoms with Gasteiger partial charge in [-0.2, -0.15) is 0 Å². The minimum atomic E-state index is -4.73. The monoisotopic (exact) mass is 409 g/mol. The number of carbonyl (C=O) groups is 1. The first-order valence-corrected chi connectivity index (χ1v) is 5.66. The Morgan fingerprint density at radius 3 is 2.05 bits per heavy atom. The second kappa shape index (κ2) is 7.30. The van der Waals surface area contributed by atoms with Crippen LogP contribution in [0.3, 0.4) is 0 Å². The molecule has 2 aromatic rings. The molecule has 0 bridgehead atoms. The third-order valence-corrected chi connectivity index (χ3v) is 2.38.